The Balaban J connectivity index is 2.02. The molecule has 3 aromatic heterocycles. The molecule has 3 rings (SSSR count). The third-order valence-corrected chi connectivity index (χ3v) is 4.91. The van der Waals surface area contributed by atoms with Crippen LogP contribution in [0, 0.1) is 6.92 Å². The van der Waals surface area contributed by atoms with Crippen molar-refractivity contribution in [2.24, 2.45) is 0 Å². The van der Waals surface area contributed by atoms with Gasteiger partial charge < -0.3 is 4.90 Å². The minimum atomic E-state index is -0.0424. The van der Waals surface area contributed by atoms with E-state index >= 15 is 0 Å². The van der Waals surface area contributed by atoms with Crippen LogP contribution in [0.25, 0.3) is 11.0 Å². The van der Waals surface area contributed by atoms with Gasteiger partial charge in [0.1, 0.15) is 6.33 Å². The number of likely N-dealkylation sites (N-methyl/N-ethyl adjacent to an activating group) is 1. The number of fused-ring (bicyclic) bond motifs is 1. The Hall–Kier alpha value is -2.05. The molecule has 22 heavy (non-hydrogen) atoms. The highest BCUT2D eigenvalue weighted by molar-refractivity contribution is 7.10. The summed E-state index contributed by atoms with van der Waals surface area (Å²) in [6.07, 6.45) is 3.24. The van der Waals surface area contributed by atoms with E-state index in [0.717, 1.165) is 0 Å². The van der Waals surface area contributed by atoms with Gasteiger partial charge in [0.15, 0.2) is 5.65 Å². The highest BCUT2D eigenvalue weighted by Gasteiger charge is 2.19. The molecule has 0 saturated carbocycles. The fourth-order valence-electron chi connectivity index (χ4n) is 2.52. The molecule has 1 atom stereocenters. The molecule has 0 aromatic carbocycles. The van der Waals surface area contributed by atoms with Gasteiger partial charge in [-0.3, -0.25) is 9.36 Å². The Morgan fingerprint density at radius 1 is 1.32 bits per heavy atom. The van der Waals surface area contributed by atoms with E-state index in [2.05, 4.69) is 33.2 Å². The molecule has 0 saturated heterocycles. The predicted molar refractivity (Wildman–Crippen MR) is 89.3 cm³/mol. The van der Waals surface area contributed by atoms with E-state index in [0.29, 0.717) is 17.6 Å². The van der Waals surface area contributed by atoms with Crippen molar-refractivity contribution in [3.63, 3.8) is 0 Å². The van der Waals surface area contributed by atoms with E-state index in [1.54, 1.807) is 40.6 Å². The zero-order valence-electron chi connectivity index (χ0n) is 12.9. The Morgan fingerprint density at radius 2 is 2.14 bits per heavy atom. The zero-order valence-corrected chi connectivity index (χ0v) is 13.7. The van der Waals surface area contributed by atoms with Crippen LogP contribution in [-0.2, 0) is 6.54 Å². The van der Waals surface area contributed by atoms with Gasteiger partial charge in [-0.15, -0.1) is 11.3 Å². The molecule has 0 fully saturated rings. The van der Waals surface area contributed by atoms with Crippen LogP contribution in [0.1, 0.15) is 16.5 Å². The van der Waals surface area contributed by atoms with Gasteiger partial charge >= 0.3 is 0 Å². The summed E-state index contributed by atoms with van der Waals surface area (Å²) in [6.45, 7) is 2.68. The van der Waals surface area contributed by atoms with Crippen LogP contribution in [0.5, 0.6) is 0 Å². The van der Waals surface area contributed by atoms with Crippen molar-refractivity contribution in [2.45, 2.75) is 19.5 Å². The Kier molecular flexibility index (Phi) is 4.04. The van der Waals surface area contributed by atoms with Crippen molar-refractivity contribution < 1.29 is 0 Å². The number of hydrogen-bond donors (Lipinski definition) is 0. The highest BCUT2D eigenvalue weighted by Crippen LogP contribution is 2.28. The van der Waals surface area contributed by atoms with Crippen LogP contribution < -0.4 is 5.56 Å². The summed E-state index contributed by atoms with van der Waals surface area (Å²) < 4.78 is 1.67. The second kappa shape index (κ2) is 5.98. The average Bonchev–Trinajstić information content (AvgIpc) is 2.92. The third-order valence-electron chi connectivity index (χ3n) is 3.79. The lowest BCUT2D eigenvalue weighted by Gasteiger charge is -2.25. The third kappa shape index (κ3) is 2.67. The van der Waals surface area contributed by atoms with E-state index in [4.69, 9.17) is 0 Å². The molecule has 0 aliphatic rings. The number of pyridine rings is 1. The van der Waals surface area contributed by atoms with Gasteiger partial charge in [0, 0.05) is 17.6 Å². The predicted octanol–water partition coefficient (Wildman–Crippen LogP) is 2.46. The molecule has 0 amide bonds. The van der Waals surface area contributed by atoms with Crippen LogP contribution in [-0.4, -0.2) is 33.5 Å². The highest BCUT2D eigenvalue weighted by atomic mass is 32.1. The normalized spacial score (nSPS) is 12.9. The molecule has 0 aliphatic heterocycles. The molecule has 0 bridgehead atoms. The molecule has 6 heteroatoms. The van der Waals surface area contributed by atoms with Gasteiger partial charge in [0.05, 0.1) is 11.4 Å². The van der Waals surface area contributed by atoms with Crippen molar-refractivity contribution in [1.29, 1.82) is 0 Å². The number of nitrogens with zero attached hydrogens (tertiary/aromatic N) is 4. The van der Waals surface area contributed by atoms with Gasteiger partial charge in [-0.2, -0.15) is 0 Å². The topological polar surface area (TPSA) is 51.0 Å². The van der Waals surface area contributed by atoms with Gasteiger partial charge in [0.2, 0.25) is 0 Å². The minimum absolute atomic E-state index is 0.0424. The summed E-state index contributed by atoms with van der Waals surface area (Å²) in [5, 5.41) is 2.65. The summed E-state index contributed by atoms with van der Waals surface area (Å²) in [6, 6.07) is 5.80. The van der Waals surface area contributed by atoms with Crippen LogP contribution in [0.3, 0.4) is 0 Å². The van der Waals surface area contributed by atoms with Crippen molar-refractivity contribution in [1.82, 2.24) is 19.4 Å². The van der Waals surface area contributed by atoms with E-state index in [9.17, 15) is 4.79 Å². The first-order valence-corrected chi connectivity index (χ1v) is 7.96. The molecule has 3 aromatic rings. The van der Waals surface area contributed by atoms with Crippen molar-refractivity contribution in [3.05, 3.63) is 56.9 Å². The molecule has 0 aliphatic carbocycles. The molecule has 0 unspecified atom stereocenters. The molecule has 0 radical (unpaired) electrons. The maximum Gasteiger partial charge on any atom is 0.262 e. The first-order chi connectivity index (χ1) is 10.6. The smallest absolute Gasteiger partial charge is 0.262 e. The van der Waals surface area contributed by atoms with Gasteiger partial charge in [0.25, 0.3) is 5.56 Å². The maximum atomic E-state index is 12.6. The largest absolute Gasteiger partial charge is 0.300 e. The van der Waals surface area contributed by atoms with Gasteiger partial charge in [-0.1, -0.05) is 0 Å². The second-order valence-electron chi connectivity index (χ2n) is 5.52. The van der Waals surface area contributed by atoms with E-state index in [1.807, 2.05) is 14.1 Å². The fourth-order valence-corrected chi connectivity index (χ4v) is 3.64. The molecule has 0 N–H and O–H groups in total. The lowest BCUT2D eigenvalue weighted by atomic mass is 10.1. The standard InChI is InChI=1S/C16H18N4OS/c1-11-6-8-22-14(11)13(19(2)3)9-20-10-18-15-12(16(20)21)5-4-7-17-15/h4-8,10,13H,9H2,1-3H3/t13-/m0/s1. The molecule has 5 nitrogen and oxygen atoms in total. The molecule has 3 heterocycles. The first-order valence-electron chi connectivity index (χ1n) is 7.08. The SMILES string of the molecule is Cc1ccsc1[C@H](Cn1cnc2ncccc2c1=O)N(C)C. The Labute approximate surface area is 132 Å². The van der Waals surface area contributed by atoms with Crippen LogP contribution in [0.2, 0.25) is 0 Å². The summed E-state index contributed by atoms with van der Waals surface area (Å²) in [7, 11) is 4.07. The summed E-state index contributed by atoms with van der Waals surface area (Å²) in [5.74, 6) is 0. The van der Waals surface area contributed by atoms with Crippen LogP contribution >= 0.6 is 11.3 Å². The summed E-state index contributed by atoms with van der Waals surface area (Å²) in [5.41, 5.74) is 1.71. The number of hydrogen-bond acceptors (Lipinski definition) is 5. The molecule has 114 valence electrons. The van der Waals surface area contributed by atoms with Crippen LogP contribution in [0.4, 0.5) is 0 Å². The van der Waals surface area contributed by atoms with Gasteiger partial charge in [-0.25, -0.2) is 9.97 Å². The lowest BCUT2D eigenvalue weighted by molar-refractivity contribution is 0.269. The summed E-state index contributed by atoms with van der Waals surface area (Å²) in [4.78, 5) is 24.5. The number of rotatable bonds is 4. The van der Waals surface area contributed by atoms with Crippen LogP contribution in [0.15, 0.2) is 40.9 Å². The van der Waals surface area contributed by atoms with E-state index in [1.165, 1.54) is 10.4 Å². The molecular weight excluding hydrogens is 296 g/mol. The summed E-state index contributed by atoms with van der Waals surface area (Å²) >= 11 is 1.72. The number of thiophene rings is 1. The quantitative estimate of drug-likeness (QED) is 0.742. The Bertz CT molecular complexity index is 852. The zero-order chi connectivity index (χ0) is 15.7. The molecule has 0 spiro atoms. The monoisotopic (exact) mass is 314 g/mol. The first kappa shape index (κ1) is 14.9. The average molecular weight is 314 g/mol. The van der Waals surface area contributed by atoms with Crippen molar-refractivity contribution >= 4 is 22.4 Å². The number of aromatic nitrogens is 3. The van der Waals surface area contributed by atoms with E-state index in [-0.39, 0.29) is 11.6 Å². The van der Waals surface area contributed by atoms with Gasteiger partial charge in [-0.05, 0) is 50.2 Å². The second-order valence-corrected chi connectivity index (χ2v) is 6.47. The minimum Gasteiger partial charge on any atom is -0.300 e. The fraction of sp³-hybridized carbons (Fsp3) is 0.312. The molecular formula is C16H18N4OS. The van der Waals surface area contributed by atoms with Crippen molar-refractivity contribution in [2.75, 3.05) is 14.1 Å². The maximum absolute atomic E-state index is 12.6. The lowest BCUT2D eigenvalue weighted by Crippen LogP contribution is -2.30. The number of aryl methyl sites for hydroxylation is 1. The van der Waals surface area contributed by atoms with E-state index < -0.39 is 0 Å². The Morgan fingerprint density at radius 3 is 2.82 bits per heavy atom. The van der Waals surface area contributed by atoms with Crippen molar-refractivity contribution in [3.8, 4) is 0 Å².